The van der Waals surface area contributed by atoms with Gasteiger partial charge in [-0.1, -0.05) is 6.92 Å². The number of aliphatic hydroxyl groups excluding tert-OH is 1. The van der Waals surface area contributed by atoms with Gasteiger partial charge in [-0.2, -0.15) is 0 Å². The zero-order chi connectivity index (χ0) is 16.8. The number of β-amino-alcohol motifs (C(OH)–C–C–N with tert-alkyl or cyclic N) is 1. The lowest BCUT2D eigenvalue weighted by Crippen LogP contribution is -2.44. The van der Waals surface area contributed by atoms with E-state index in [-0.39, 0.29) is 6.10 Å². The number of rotatable bonds is 8. The minimum Gasteiger partial charge on any atom is -0.468 e. The Bertz CT molecular complexity index is 451. The van der Waals surface area contributed by atoms with E-state index >= 15 is 0 Å². The van der Waals surface area contributed by atoms with Crippen molar-refractivity contribution in [3.63, 3.8) is 0 Å². The van der Waals surface area contributed by atoms with Gasteiger partial charge in [-0.15, -0.1) is 0 Å². The Hall–Kier alpha value is -0.880. The average Bonchev–Trinajstić information content (AvgIpc) is 3.23. The first-order valence-corrected chi connectivity index (χ1v) is 9.46. The molecule has 5 heteroatoms. The average molecular weight is 336 g/mol. The van der Waals surface area contributed by atoms with E-state index in [1.807, 2.05) is 12.1 Å². The Balaban J connectivity index is 1.49. The maximum atomic E-state index is 10.6. The first-order chi connectivity index (χ1) is 11.7. The van der Waals surface area contributed by atoms with Crippen molar-refractivity contribution in [2.45, 2.75) is 51.4 Å². The summed E-state index contributed by atoms with van der Waals surface area (Å²) in [5, 5.41) is 10.6. The second-order valence-electron chi connectivity index (χ2n) is 7.55. The number of ether oxygens (including phenoxy) is 1. The largest absolute Gasteiger partial charge is 0.468 e. The Morgan fingerprint density at radius 3 is 2.83 bits per heavy atom. The van der Waals surface area contributed by atoms with Crippen molar-refractivity contribution >= 4 is 0 Å². The molecule has 0 aromatic carbocycles. The first kappa shape index (κ1) is 17.9. The zero-order valence-electron chi connectivity index (χ0n) is 14.9. The van der Waals surface area contributed by atoms with Crippen LogP contribution in [0.5, 0.6) is 0 Å². The Labute approximate surface area is 145 Å². The second-order valence-corrected chi connectivity index (χ2v) is 7.55. The third kappa shape index (κ3) is 5.59. The minimum absolute atomic E-state index is 0.294. The van der Waals surface area contributed by atoms with Crippen LogP contribution in [0.1, 0.15) is 38.4 Å². The van der Waals surface area contributed by atoms with Crippen molar-refractivity contribution in [3.8, 4) is 0 Å². The van der Waals surface area contributed by atoms with Gasteiger partial charge in [0, 0.05) is 26.2 Å². The normalized spacial score (nSPS) is 24.7. The second kappa shape index (κ2) is 8.99. The predicted octanol–water partition coefficient (Wildman–Crippen LogP) is 2.35. The van der Waals surface area contributed by atoms with Gasteiger partial charge >= 0.3 is 0 Å². The van der Waals surface area contributed by atoms with Gasteiger partial charge in [-0.3, -0.25) is 4.90 Å². The first-order valence-electron chi connectivity index (χ1n) is 9.46. The summed E-state index contributed by atoms with van der Waals surface area (Å²) in [6, 6.07) is 3.92. The van der Waals surface area contributed by atoms with Crippen LogP contribution >= 0.6 is 0 Å². The van der Waals surface area contributed by atoms with Gasteiger partial charge in [0.15, 0.2) is 0 Å². The van der Waals surface area contributed by atoms with Gasteiger partial charge in [0.2, 0.25) is 0 Å². The number of hydrogen-bond acceptors (Lipinski definition) is 5. The van der Waals surface area contributed by atoms with E-state index in [1.165, 1.54) is 12.8 Å². The van der Waals surface area contributed by atoms with Crippen LogP contribution in [0.2, 0.25) is 0 Å². The lowest BCUT2D eigenvalue weighted by atomic mass is 9.99. The quantitative estimate of drug-likeness (QED) is 0.790. The summed E-state index contributed by atoms with van der Waals surface area (Å²) in [6.07, 6.45) is 6.45. The van der Waals surface area contributed by atoms with E-state index in [0.717, 1.165) is 63.9 Å². The van der Waals surface area contributed by atoms with Crippen molar-refractivity contribution < 1.29 is 14.3 Å². The molecule has 0 aliphatic carbocycles. The van der Waals surface area contributed by atoms with Gasteiger partial charge in [0.05, 0.1) is 25.0 Å². The topological polar surface area (TPSA) is 49.1 Å². The van der Waals surface area contributed by atoms with Gasteiger partial charge in [0.1, 0.15) is 5.76 Å². The molecule has 2 fully saturated rings. The van der Waals surface area contributed by atoms with Crippen LogP contribution in [0.3, 0.4) is 0 Å². The Kier molecular flexibility index (Phi) is 6.72. The van der Waals surface area contributed by atoms with Crippen LogP contribution in [0.25, 0.3) is 0 Å². The highest BCUT2D eigenvalue weighted by Gasteiger charge is 2.24. The number of likely N-dealkylation sites (tertiary alicyclic amines) is 1. The molecule has 2 unspecified atom stereocenters. The SMILES string of the molecule is CC1CCN(CC(O)CN(Cc2ccco2)CC2CCCO2)CC1. The molecular formula is C19H32N2O3. The van der Waals surface area contributed by atoms with Crippen LogP contribution < -0.4 is 0 Å². The molecule has 2 atom stereocenters. The Morgan fingerprint density at radius 2 is 2.17 bits per heavy atom. The molecule has 2 aliphatic heterocycles. The fourth-order valence-corrected chi connectivity index (χ4v) is 3.80. The maximum Gasteiger partial charge on any atom is 0.117 e. The van der Waals surface area contributed by atoms with E-state index in [9.17, 15) is 5.11 Å². The molecule has 1 N–H and O–H groups in total. The molecule has 2 saturated heterocycles. The highest BCUT2D eigenvalue weighted by molar-refractivity contribution is 4.98. The summed E-state index contributed by atoms with van der Waals surface area (Å²) >= 11 is 0. The molecule has 0 bridgehead atoms. The summed E-state index contributed by atoms with van der Waals surface area (Å²) in [4.78, 5) is 4.69. The summed E-state index contributed by atoms with van der Waals surface area (Å²) in [6.45, 7) is 8.47. The molecule has 24 heavy (non-hydrogen) atoms. The molecule has 3 heterocycles. The number of aliphatic hydroxyl groups is 1. The van der Waals surface area contributed by atoms with Crippen LogP contribution in [0.15, 0.2) is 22.8 Å². The highest BCUT2D eigenvalue weighted by atomic mass is 16.5. The number of furan rings is 1. The summed E-state index contributed by atoms with van der Waals surface area (Å²) in [5.74, 6) is 1.78. The summed E-state index contributed by atoms with van der Waals surface area (Å²) in [5.41, 5.74) is 0. The molecule has 3 rings (SSSR count). The molecule has 2 aliphatic rings. The van der Waals surface area contributed by atoms with E-state index in [2.05, 4.69) is 16.7 Å². The fraction of sp³-hybridized carbons (Fsp3) is 0.789. The minimum atomic E-state index is -0.324. The molecule has 0 radical (unpaired) electrons. The van der Waals surface area contributed by atoms with E-state index < -0.39 is 0 Å². The zero-order valence-corrected chi connectivity index (χ0v) is 14.9. The van der Waals surface area contributed by atoms with E-state index in [4.69, 9.17) is 9.15 Å². The molecule has 0 spiro atoms. The third-order valence-corrected chi connectivity index (χ3v) is 5.26. The van der Waals surface area contributed by atoms with Gasteiger partial charge in [0.25, 0.3) is 0 Å². The van der Waals surface area contributed by atoms with Crippen LogP contribution in [0, 0.1) is 5.92 Å². The van der Waals surface area contributed by atoms with Gasteiger partial charge in [-0.25, -0.2) is 0 Å². The van der Waals surface area contributed by atoms with Crippen molar-refractivity contribution in [2.75, 3.05) is 39.3 Å². The molecule has 1 aromatic rings. The number of hydrogen-bond donors (Lipinski definition) is 1. The molecule has 1 aromatic heterocycles. The van der Waals surface area contributed by atoms with Crippen molar-refractivity contribution in [2.24, 2.45) is 5.92 Å². The smallest absolute Gasteiger partial charge is 0.117 e. The Morgan fingerprint density at radius 1 is 1.33 bits per heavy atom. The number of piperidine rings is 1. The fourth-order valence-electron chi connectivity index (χ4n) is 3.80. The van der Waals surface area contributed by atoms with Crippen molar-refractivity contribution in [3.05, 3.63) is 24.2 Å². The monoisotopic (exact) mass is 336 g/mol. The maximum absolute atomic E-state index is 10.6. The summed E-state index contributed by atoms with van der Waals surface area (Å²) in [7, 11) is 0. The van der Waals surface area contributed by atoms with Gasteiger partial charge < -0.3 is 19.2 Å². The van der Waals surface area contributed by atoms with E-state index in [0.29, 0.717) is 12.6 Å². The van der Waals surface area contributed by atoms with Crippen LogP contribution in [0.4, 0.5) is 0 Å². The molecule has 0 amide bonds. The molecule has 136 valence electrons. The molecule has 5 nitrogen and oxygen atoms in total. The van der Waals surface area contributed by atoms with E-state index in [1.54, 1.807) is 6.26 Å². The lowest BCUT2D eigenvalue weighted by Gasteiger charge is -2.33. The number of nitrogens with zero attached hydrogens (tertiary/aromatic N) is 2. The lowest BCUT2D eigenvalue weighted by molar-refractivity contribution is 0.0277. The van der Waals surface area contributed by atoms with Crippen LogP contribution in [-0.4, -0.2) is 66.4 Å². The summed E-state index contributed by atoms with van der Waals surface area (Å²) < 4.78 is 11.3. The van der Waals surface area contributed by atoms with Crippen molar-refractivity contribution in [1.29, 1.82) is 0 Å². The highest BCUT2D eigenvalue weighted by Crippen LogP contribution is 2.18. The third-order valence-electron chi connectivity index (χ3n) is 5.26. The predicted molar refractivity (Wildman–Crippen MR) is 93.8 cm³/mol. The molecular weight excluding hydrogens is 304 g/mol. The van der Waals surface area contributed by atoms with Crippen molar-refractivity contribution in [1.82, 2.24) is 9.80 Å². The van der Waals surface area contributed by atoms with Crippen LogP contribution in [-0.2, 0) is 11.3 Å². The molecule has 0 saturated carbocycles. The van der Waals surface area contributed by atoms with Gasteiger partial charge in [-0.05, 0) is 56.8 Å². The standard InChI is InChI=1S/C19H32N2O3/c1-16-6-8-20(9-7-16)12-17(22)13-21(14-18-4-2-10-23-18)15-19-5-3-11-24-19/h2,4,10,16-17,19,22H,3,5-9,11-15H2,1H3.